The number of piperazine rings is 1. The molecule has 0 atom stereocenters. The van der Waals surface area contributed by atoms with Crippen LogP contribution in [0.1, 0.15) is 18.2 Å². The zero-order chi connectivity index (χ0) is 27.1. The third-order valence-corrected chi connectivity index (χ3v) is 8.27. The molecule has 0 bridgehead atoms. The lowest BCUT2D eigenvalue weighted by molar-refractivity contribution is -0.114. The van der Waals surface area contributed by atoms with Gasteiger partial charge in [-0.25, -0.2) is 14.5 Å². The molecule has 10 nitrogen and oxygen atoms in total. The molecule has 1 aliphatic carbocycles. The molecule has 3 amide bonds. The number of nitrogens with zero attached hydrogens (tertiary/aromatic N) is 6. The summed E-state index contributed by atoms with van der Waals surface area (Å²) in [5.41, 5.74) is 5.95. The van der Waals surface area contributed by atoms with Gasteiger partial charge in [-0.05, 0) is 50.2 Å². The van der Waals surface area contributed by atoms with E-state index in [4.69, 9.17) is 16.7 Å². The molecule has 0 spiro atoms. The van der Waals surface area contributed by atoms with Gasteiger partial charge in [-0.15, -0.1) is 0 Å². The van der Waals surface area contributed by atoms with Gasteiger partial charge in [-0.3, -0.25) is 9.78 Å². The Morgan fingerprint density at radius 2 is 1.90 bits per heavy atom. The van der Waals surface area contributed by atoms with Crippen LogP contribution < -0.4 is 10.6 Å². The lowest BCUT2D eigenvalue weighted by Gasteiger charge is -2.32. The van der Waals surface area contributed by atoms with Crippen LogP contribution >= 0.6 is 22.9 Å². The quantitative estimate of drug-likeness (QED) is 0.378. The number of carbonyl (C=O) groups excluding carboxylic acids is 2. The lowest BCUT2D eigenvalue weighted by Crippen LogP contribution is -2.48. The molecule has 2 N–H and O–H groups in total. The summed E-state index contributed by atoms with van der Waals surface area (Å²) in [5, 5.41) is 11.8. The number of likely N-dealkylation sites (N-methyl/N-ethyl adjacent to an activating group) is 1. The normalized spacial score (nSPS) is 15.0. The fourth-order valence-electron chi connectivity index (χ4n) is 4.95. The first-order valence-electron chi connectivity index (χ1n) is 12.7. The first kappa shape index (κ1) is 25.5. The molecule has 0 saturated carbocycles. The van der Waals surface area contributed by atoms with Crippen LogP contribution in [-0.2, 0) is 17.6 Å². The number of fused-ring (bicyclic) bond motifs is 3. The molecule has 6 rings (SSSR count). The number of carbonyl (C=O) groups is 2. The van der Waals surface area contributed by atoms with E-state index in [0.717, 1.165) is 59.0 Å². The van der Waals surface area contributed by atoms with Crippen LogP contribution in [0.4, 0.5) is 15.6 Å². The van der Waals surface area contributed by atoms with Crippen molar-refractivity contribution in [2.45, 2.75) is 19.8 Å². The van der Waals surface area contributed by atoms with Gasteiger partial charge in [-0.1, -0.05) is 22.9 Å². The molecule has 0 unspecified atom stereocenters. The predicted molar refractivity (Wildman–Crippen MR) is 153 cm³/mol. The maximum absolute atomic E-state index is 12.8. The molecular formula is C27H27ClN8O2S. The summed E-state index contributed by atoms with van der Waals surface area (Å²) in [6, 6.07) is 9.20. The van der Waals surface area contributed by atoms with E-state index in [1.807, 2.05) is 33.8 Å². The van der Waals surface area contributed by atoms with Crippen LogP contribution in [0.25, 0.3) is 27.5 Å². The van der Waals surface area contributed by atoms with Crippen LogP contribution in [0.2, 0.25) is 5.02 Å². The molecule has 1 aromatic carbocycles. The molecule has 2 aliphatic rings. The highest BCUT2D eigenvalue weighted by atomic mass is 35.5. The zero-order valence-corrected chi connectivity index (χ0v) is 23.1. The number of urea groups is 1. The summed E-state index contributed by atoms with van der Waals surface area (Å²) in [7, 11) is 2.05. The van der Waals surface area contributed by atoms with Crippen LogP contribution in [0.15, 0.2) is 42.7 Å². The van der Waals surface area contributed by atoms with Crippen molar-refractivity contribution in [2.24, 2.45) is 0 Å². The van der Waals surface area contributed by atoms with Gasteiger partial charge in [0.15, 0.2) is 5.13 Å². The summed E-state index contributed by atoms with van der Waals surface area (Å²) in [6.07, 6.45) is 5.02. The Labute approximate surface area is 234 Å². The minimum Gasteiger partial charge on any atom is -0.322 e. The summed E-state index contributed by atoms with van der Waals surface area (Å²) >= 11 is 8.27. The van der Waals surface area contributed by atoms with E-state index < -0.39 is 0 Å². The molecule has 4 aromatic rings. The van der Waals surface area contributed by atoms with Crippen molar-refractivity contribution in [1.82, 2.24) is 29.5 Å². The number of anilines is 2. The molecule has 4 heterocycles. The summed E-state index contributed by atoms with van der Waals surface area (Å²) in [6.45, 7) is 4.53. The number of aromatic nitrogens is 4. The van der Waals surface area contributed by atoms with Crippen LogP contribution in [-0.4, -0.2) is 74.7 Å². The lowest BCUT2D eigenvalue weighted by atomic mass is 9.95. The van der Waals surface area contributed by atoms with Gasteiger partial charge in [-0.2, -0.15) is 5.10 Å². The number of rotatable bonds is 4. The minimum atomic E-state index is -0.164. The monoisotopic (exact) mass is 562 g/mol. The van der Waals surface area contributed by atoms with E-state index in [0.29, 0.717) is 34.6 Å². The third-order valence-electron chi connectivity index (χ3n) is 6.94. The van der Waals surface area contributed by atoms with Crippen LogP contribution in [0, 0.1) is 0 Å². The van der Waals surface area contributed by atoms with Crippen molar-refractivity contribution >= 4 is 45.7 Å². The summed E-state index contributed by atoms with van der Waals surface area (Å²) < 4.78 is 1.85. The van der Waals surface area contributed by atoms with E-state index in [-0.39, 0.29) is 11.9 Å². The summed E-state index contributed by atoms with van der Waals surface area (Å²) in [4.78, 5) is 38.4. The van der Waals surface area contributed by atoms with Crippen LogP contribution in [0.3, 0.4) is 0 Å². The van der Waals surface area contributed by atoms with Crippen molar-refractivity contribution in [1.29, 1.82) is 0 Å². The second-order valence-electron chi connectivity index (χ2n) is 9.69. The number of amides is 3. The molecule has 1 saturated heterocycles. The first-order chi connectivity index (χ1) is 18.9. The van der Waals surface area contributed by atoms with Crippen molar-refractivity contribution in [3.05, 3.63) is 59.0 Å². The second kappa shape index (κ2) is 10.4. The average molecular weight is 563 g/mol. The van der Waals surface area contributed by atoms with E-state index in [1.165, 1.54) is 18.3 Å². The highest BCUT2D eigenvalue weighted by molar-refractivity contribution is 7.19. The number of benzene rings is 1. The van der Waals surface area contributed by atoms with Gasteiger partial charge in [0, 0.05) is 62.3 Å². The Morgan fingerprint density at radius 3 is 2.62 bits per heavy atom. The van der Waals surface area contributed by atoms with Gasteiger partial charge in [0.2, 0.25) is 5.91 Å². The molecule has 12 heteroatoms. The van der Waals surface area contributed by atoms with Gasteiger partial charge in [0.05, 0.1) is 32.7 Å². The van der Waals surface area contributed by atoms with Crippen molar-refractivity contribution in [2.75, 3.05) is 43.9 Å². The standard InChI is InChI=1S/C27H27ClN8O2S/c1-16(37)30-26-32-21-7-6-19-23(17-4-3-9-29-15-17)33-36(24(19)25(21)39-26)22-8-5-18(14-20(22)28)31-27(38)35-12-10-34(2)11-13-35/h3-5,8-9,14-15H,6-7,10-13H2,1-2H3,(H,31,38)(H,30,32,37). The van der Waals surface area contributed by atoms with E-state index >= 15 is 0 Å². The molecule has 1 fully saturated rings. The fraction of sp³-hybridized carbons (Fsp3) is 0.296. The van der Waals surface area contributed by atoms with E-state index in [2.05, 4.69) is 32.5 Å². The van der Waals surface area contributed by atoms with E-state index in [1.54, 1.807) is 18.5 Å². The first-order valence-corrected chi connectivity index (χ1v) is 13.9. The second-order valence-corrected chi connectivity index (χ2v) is 11.1. The third kappa shape index (κ3) is 5.00. The smallest absolute Gasteiger partial charge is 0.321 e. The van der Waals surface area contributed by atoms with E-state index in [9.17, 15) is 9.59 Å². The molecule has 1 aliphatic heterocycles. The Kier molecular flexibility index (Phi) is 6.79. The Hall–Kier alpha value is -3.80. The number of aryl methyl sites for hydroxylation is 1. The Balaban J connectivity index is 1.38. The number of thiazole rings is 1. The van der Waals surface area contributed by atoms with Gasteiger partial charge < -0.3 is 20.4 Å². The van der Waals surface area contributed by atoms with Crippen molar-refractivity contribution in [3.63, 3.8) is 0 Å². The number of nitrogens with one attached hydrogen (secondary N) is 2. The Bertz CT molecular complexity index is 1560. The highest BCUT2D eigenvalue weighted by Gasteiger charge is 2.30. The molecule has 39 heavy (non-hydrogen) atoms. The maximum atomic E-state index is 12.8. The highest BCUT2D eigenvalue weighted by Crippen LogP contribution is 2.44. The molecule has 200 valence electrons. The molecule has 0 radical (unpaired) electrons. The minimum absolute atomic E-state index is 0.137. The van der Waals surface area contributed by atoms with Gasteiger partial charge in [0.1, 0.15) is 0 Å². The van der Waals surface area contributed by atoms with Crippen molar-refractivity contribution < 1.29 is 9.59 Å². The Morgan fingerprint density at radius 1 is 1.08 bits per heavy atom. The number of halogens is 1. The zero-order valence-electron chi connectivity index (χ0n) is 21.6. The topological polar surface area (TPSA) is 108 Å². The number of hydrogen-bond donors (Lipinski definition) is 2. The molecule has 3 aromatic heterocycles. The predicted octanol–water partition coefficient (Wildman–Crippen LogP) is 4.55. The molecular weight excluding hydrogens is 536 g/mol. The maximum Gasteiger partial charge on any atom is 0.321 e. The number of pyridine rings is 1. The SMILES string of the molecule is CC(=O)Nc1nc2c(s1)-c1c(c(-c3cccnc3)nn1-c1ccc(NC(=O)N3CCN(C)CC3)cc1Cl)CC2. The number of hydrogen-bond acceptors (Lipinski definition) is 7. The van der Waals surface area contributed by atoms with Crippen LogP contribution in [0.5, 0.6) is 0 Å². The largest absolute Gasteiger partial charge is 0.322 e. The summed E-state index contributed by atoms with van der Waals surface area (Å²) in [5.74, 6) is -0.164. The van der Waals surface area contributed by atoms with Gasteiger partial charge >= 0.3 is 6.03 Å². The average Bonchev–Trinajstić information content (AvgIpc) is 3.50. The fourth-order valence-corrected chi connectivity index (χ4v) is 6.33. The van der Waals surface area contributed by atoms with Gasteiger partial charge in [0.25, 0.3) is 0 Å². The van der Waals surface area contributed by atoms with Crippen molar-refractivity contribution in [3.8, 4) is 27.5 Å².